The van der Waals surface area contributed by atoms with Crippen molar-refractivity contribution in [2.45, 2.75) is 44.4 Å². The maximum Gasteiger partial charge on any atom is 0.0758 e. The van der Waals surface area contributed by atoms with Crippen LogP contribution in [-0.4, -0.2) is 34.7 Å². The Morgan fingerprint density at radius 2 is 2.05 bits per heavy atom. The smallest absolute Gasteiger partial charge is 0.0758 e. The van der Waals surface area contributed by atoms with Crippen LogP contribution in [0.5, 0.6) is 0 Å². The van der Waals surface area contributed by atoms with Crippen molar-refractivity contribution in [1.82, 2.24) is 4.90 Å². The molecule has 1 heterocycles. The van der Waals surface area contributed by atoms with Gasteiger partial charge in [-0.25, -0.2) is 0 Å². The first-order valence-electron chi connectivity index (χ1n) is 6.90. The third-order valence-corrected chi connectivity index (χ3v) is 4.22. The molecule has 3 nitrogen and oxygen atoms in total. The van der Waals surface area contributed by atoms with Crippen LogP contribution >= 0.6 is 11.6 Å². The summed E-state index contributed by atoms with van der Waals surface area (Å²) in [6.45, 7) is 5.55. The van der Waals surface area contributed by atoms with Crippen LogP contribution in [0.15, 0.2) is 24.3 Å². The highest BCUT2D eigenvalue weighted by atomic mass is 35.5. The Hall–Kier alpha value is -0.610. The molecule has 1 aromatic carbocycles. The summed E-state index contributed by atoms with van der Waals surface area (Å²) in [5.41, 5.74) is 6.88. The molecule has 4 heteroatoms. The van der Waals surface area contributed by atoms with Gasteiger partial charge in [-0.05, 0) is 37.5 Å². The van der Waals surface area contributed by atoms with Crippen LogP contribution in [0.3, 0.4) is 0 Å². The van der Waals surface area contributed by atoms with E-state index in [1.807, 2.05) is 31.2 Å². The lowest BCUT2D eigenvalue weighted by Crippen LogP contribution is -2.41. The van der Waals surface area contributed by atoms with Gasteiger partial charge in [0, 0.05) is 30.2 Å². The van der Waals surface area contributed by atoms with Crippen LogP contribution in [-0.2, 0) is 0 Å². The first kappa shape index (κ1) is 14.8. The molecule has 0 spiro atoms. The highest BCUT2D eigenvalue weighted by molar-refractivity contribution is 6.30. The molecular weight excluding hydrogens is 260 g/mol. The number of rotatable bonds is 4. The van der Waals surface area contributed by atoms with Gasteiger partial charge in [-0.2, -0.15) is 0 Å². The Balaban J connectivity index is 2.24. The first-order valence-corrected chi connectivity index (χ1v) is 7.28. The van der Waals surface area contributed by atoms with Gasteiger partial charge in [0.2, 0.25) is 0 Å². The summed E-state index contributed by atoms with van der Waals surface area (Å²) in [6, 6.07) is 8.10. The topological polar surface area (TPSA) is 49.5 Å². The Labute approximate surface area is 120 Å². The normalized spacial score (nSPS) is 27.4. The van der Waals surface area contributed by atoms with Crippen molar-refractivity contribution in [2.75, 3.05) is 13.1 Å². The van der Waals surface area contributed by atoms with Gasteiger partial charge in [0.1, 0.15) is 0 Å². The van der Waals surface area contributed by atoms with E-state index in [0.29, 0.717) is 6.54 Å². The van der Waals surface area contributed by atoms with Gasteiger partial charge >= 0.3 is 0 Å². The lowest BCUT2D eigenvalue weighted by molar-refractivity contribution is 0.0593. The van der Waals surface area contributed by atoms with Crippen LogP contribution in [0.25, 0.3) is 0 Å². The lowest BCUT2D eigenvalue weighted by Gasteiger charge is -2.33. The molecule has 1 fully saturated rings. The summed E-state index contributed by atoms with van der Waals surface area (Å²) < 4.78 is 0. The number of benzene rings is 1. The molecular formula is C15H23ClN2O. The summed E-state index contributed by atoms with van der Waals surface area (Å²) in [7, 11) is 0. The maximum atomic E-state index is 10.2. The predicted molar refractivity (Wildman–Crippen MR) is 79.3 cm³/mol. The average molecular weight is 283 g/mol. The molecule has 3 unspecified atom stereocenters. The predicted octanol–water partition coefficient (Wildman–Crippen LogP) is 2.58. The first-order chi connectivity index (χ1) is 8.93. The van der Waals surface area contributed by atoms with E-state index in [0.717, 1.165) is 24.4 Å². The number of hydrogen-bond acceptors (Lipinski definition) is 3. The summed E-state index contributed by atoms with van der Waals surface area (Å²) in [5.74, 6) is 0. The van der Waals surface area contributed by atoms with E-state index >= 15 is 0 Å². The fourth-order valence-electron chi connectivity index (χ4n) is 2.83. The van der Waals surface area contributed by atoms with Crippen molar-refractivity contribution in [3.63, 3.8) is 0 Å². The number of halogens is 1. The molecule has 1 aromatic rings. The van der Waals surface area contributed by atoms with Crippen molar-refractivity contribution in [2.24, 2.45) is 5.73 Å². The summed E-state index contributed by atoms with van der Waals surface area (Å²) >= 11 is 5.95. The van der Waals surface area contributed by atoms with Crippen molar-refractivity contribution in [3.8, 4) is 0 Å². The highest BCUT2D eigenvalue weighted by Crippen LogP contribution is 2.32. The summed E-state index contributed by atoms with van der Waals surface area (Å²) in [5, 5.41) is 10.9. The minimum Gasteiger partial charge on any atom is -0.389 e. The second kappa shape index (κ2) is 5.80. The number of nitrogens with zero attached hydrogens (tertiary/aromatic N) is 1. The van der Waals surface area contributed by atoms with Crippen LogP contribution in [0.2, 0.25) is 5.02 Å². The molecule has 106 valence electrons. The number of aliphatic hydroxyl groups is 1. The summed E-state index contributed by atoms with van der Waals surface area (Å²) in [6.07, 6.45) is 1.71. The zero-order valence-electron chi connectivity index (χ0n) is 11.6. The maximum absolute atomic E-state index is 10.2. The third kappa shape index (κ3) is 3.48. The van der Waals surface area contributed by atoms with E-state index in [-0.39, 0.29) is 12.1 Å². The molecule has 0 amide bonds. The van der Waals surface area contributed by atoms with Crippen LogP contribution in [0, 0.1) is 0 Å². The fourth-order valence-corrected chi connectivity index (χ4v) is 2.96. The zero-order valence-corrected chi connectivity index (χ0v) is 12.4. The molecule has 1 saturated heterocycles. The number of β-amino-alcohol motifs (C(OH)–C–C–N with tert-alkyl or cyclic N) is 1. The summed E-state index contributed by atoms with van der Waals surface area (Å²) in [4.78, 5) is 2.29. The van der Waals surface area contributed by atoms with E-state index in [4.69, 9.17) is 17.3 Å². The quantitative estimate of drug-likeness (QED) is 0.892. The number of hydrogen-bond donors (Lipinski definition) is 2. The minimum atomic E-state index is -0.599. The molecule has 1 aliphatic rings. The zero-order chi connectivity index (χ0) is 14.0. The molecule has 0 aliphatic carbocycles. The Morgan fingerprint density at radius 1 is 1.42 bits per heavy atom. The van der Waals surface area contributed by atoms with E-state index in [1.165, 1.54) is 5.56 Å². The van der Waals surface area contributed by atoms with Gasteiger partial charge < -0.3 is 10.8 Å². The molecule has 19 heavy (non-hydrogen) atoms. The van der Waals surface area contributed by atoms with Crippen LogP contribution in [0.1, 0.15) is 38.3 Å². The van der Waals surface area contributed by atoms with Gasteiger partial charge in [0.15, 0.2) is 0 Å². The van der Waals surface area contributed by atoms with E-state index < -0.39 is 5.60 Å². The van der Waals surface area contributed by atoms with Gasteiger partial charge in [0.05, 0.1) is 5.60 Å². The Kier molecular flexibility index (Phi) is 4.51. The fraction of sp³-hybridized carbons (Fsp3) is 0.600. The van der Waals surface area contributed by atoms with Crippen molar-refractivity contribution < 1.29 is 5.11 Å². The molecule has 3 atom stereocenters. The molecule has 0 radical (unpaired) electrons. The van der Waals surface area contributed by atoms with Gasteiger partial charge in [0.25, 0.3) is 0 Å². The largest absolute Gasteiger partial charge is 0.389 e. The Morgan fingerprint density at radius 3 is 2.53 bits per heavy atom. The monoisotopic (exact) mass is 282 g/mol. The minimum absolute atomic E-state index is 0.0649. The van der Waals surface area contributed by atoms with Crippen molar-refractivity contribution in [3.05, 3.63) is 34.9 Å². The molecule has 0 aromatic heterocycles. The highest BCUT2D eigenvalue weighted by Gasteiger charge is 2.37. The average Bonchev–Trinajstić information content (AvgIpc) is 2.72. The van der Waals surface area contributed by atoms with E-state index in [1.54, 1.807) is 0 Å². The van der Waals surface area contributed by atoms with Gasteiger partial charge in [-0.3, -0.25) is 4.90 Å². The second-order valence-corrected chi connectivity index (χ2v) is 6.22. The Bertz CT molecular complexity index is 419. The van der Waals surface area contributed by atoms with E-state index in [9.17, 15) is 5.11 Å². The molecule has 3 N–H and O–H groups in total. The standard InChI is InChI=1S/C15H23ClN2O/c1-3-13(17)14(11-4-6-12(16)7-5-11)18-9-8-15(2,19)10-18/h4-7,13-14,19H,3,8-10,17H2,1-2H3. The number of likely N-dealkylation sites (tertiary alicyclic amines) is 1. The van der Waals surface area contributed by atoms with Crippen LogP contribution in [0.4, 0.5) is 0 Å². The third-order valence-electron chi connectivity index (χ3n) is 3.96. The van der Waals surface area contributed by atoms with E-state index in [2.05, 4.69) is 11.8 Å². The SMILES string of the molecule is CCC(N)C(c1ccc(Cl)cc1)N1CCC(C)(O)C1. The van der Waals surface area contributed by atoms with Crippen LogP contribution < -0.4 is 5.73 Å². The van der Waals surface area contributed by atoms with Gasteiger partial charge in [-0.1, -0.05) is 30.7 Å². The molecule has 0 bridgehead atoms. The molecule has 2 rings (SSSR count). The molecule has 1 aliphatic heterocycles. The lowest BCUT2D eigenvalue weighted by atomic mass is 9.96. The van der Waals surface area contributed by atoms with Gasteiger partial charge in [-0.15, -0.1) is 0 Å². The molecule has 0 saturated carbocycles. The number of nitrogens with two attached hydrogens (primary N) is 1. The second-order valence-electron chi connectivity index (χ2n) is 5.79. The van der Waals surface area contributed by atoms with Crippen molar-refractivity contribution >= 4 is 11.6 Å². The van der Waals surface area contributed by atoms with Crippen molar-refractivity contribution in [1.29, 1.82) is 0 Å².